The Morgan fingerprint density at radius 1 is 0.900 bits per heavy atom. The third-order valence-corrected chi connectivity index (χ3v) is 6.43. The van der Waals surface area contributed by atoms with E-state index in [0.717, 1.165) is 28.8 Å². The molecular formula is C24H26N2O3S. The molecule has 0 saturated carbocycles. The van der Waals surface area contributed by atoms with Gasteiger partial charge in [-0.05, 0) is 48.6 Å². The monoisotopic (exact) mass is 422 g/mol. The predicted octanol–water partition coefficient (Wildman–Crippen LogP) is 4.09. The van der Waals surface area contributed by atoms with Gasteiger partial charge in [0.05, 0.1) is 4.90 Å². The molecule has 3 aromatic rings. The van der Waals surface area contributed by atoms with Gasteiger partial charge in [0.25, 0.3) is 0 Å². The fraction of sp³-hybridized carbons (Fsp3) is 0.208. The number of para-hydroxylation sites is 1. The van der Waals surface area contributed by atoms with Crippen LogP contribution in [0, 0.1) is 6.92 Å². The van der Waals surface area contributed by atoms with Crippen molar-refractivity contribution >= 4 is 21.6 Å². The van der Waals surface area contributed by atoms with Crippen LogP contribution in [0.4, 0.5) is 5.69 Å². The standard InChI is InChI=1S/C24H26N2O3S/c1-3-20-14-10-11-18(2)23(20)25-24(27)22(17-19-12-6-4-7-13-19)26-30(28,29)21-15-8-5-9-16-21/h4-16,22,26H,3,17H2,1-2H3,(H,25,27)/t22-/m1/s1. The normalized spacial score (nSPS) is 12.3. The maximum absolute atomic E-state index is 13.2. The molecule has 1 atom stereocenters. The Kier molecular flexibility index (Phi) is 7.03. The molecule has 3 rings (SSSR count). The lowest BCUT2D eigenvalue weighted by Crippen LogP contribution is -2.45. The maximum Gasteiger partial charge on any atom is 0.242 e. The molecule has 0 fully saturated rings. The molecule has 3 aromatic carbocycles. The molecule has 0 heterocycles. The Bertz CT molecular complexity index is 1100. The first-order valence-electron chi connectivity index (χ1n) is 9.91. The number of anilines is 1. The van der Waals surface area contributed by atoms with Crippen LogP contribution in [0.3, 0.4) is 0 Å². The fourth-order valence-electron chi connectivity index (χ4n) is 3.30. The zero-order chi connectivity index (χ0) is 21.6. The largest absolute Gasteiger partial charge is 0.324 e. The molecule has 0 spiro atoms. The van der Waals surface area contributed by atoms with Crippen LogP contribution in [0.25, 0.3) is 0 Å². The minimum absolute atomic E-state index is 0.126. The summed E-state index contributed by atoms with van der Waals surface area (Å²) in [6.45, 7) is 3.94. The van der Waals surface area contributed by atoms with Crippen LogP contribution >= 0.6 is 0 Å². The number of nitrogens with one attached hydrogen (secondary N) is 2. The van der Waals surface area contributed by atoms with Crippen molar-refractivity contribution in [3.8, 4) is 0 Å². The summed E-state index contributed by atoms with van der Waals surface area (Å²) >= 11 is 0. The van der Waals surface area contributed by atoms with Crippen LogP contribution < -0.4 is 10.0 Å². The molecule has 30 heavy (non-hydrogen) atoms. The summed E-state index contributed by atoms with van der Waals surface area (Å²) in [5.41, 5.74) is 3.55. The van der Waals surface area contributed by atoms with E-state index in [1.54, 1.807) is 18.2 Å². The number of carbonyl (C=O) groups is 1. The number of amides is 1. The summed E-state index contributed by atoms with van der Waals surface area (Å²) < 4.78 is 28.4. The zero-order valence-corrected chi connectivity index (χ0v) is 17.9. The van der Waals surface area contributed by atoms with E-state index in [4.69, 9.17) is 0 Å². The lowest BCUT2D eigenvalue weighted by molar-refractivity contribution is -0.117. The minimum Gasteiger partial charge on any atom is -0.324 e. The Labute approximate surface area is 178 Å². The van der Waals surface area contributed by atoms with Gasteiger partial charge >= 0.3 is 0 Å². The Balaban J connectivity index is 1.90. The van der Waals surface area contributed by atoms with Crippen molar-refractivity contribution in [2.75, 3.05) is 5.32 Å². The molecule has 0 unspecified atom stereocenters. The van der Waals surface area contributed by atoms with E-state index in [2.05, 4.69) is 10.0 Å². The summed E-state index contributed by atoms with van der Waals surface area (Å²) in [5, 5.41) is 2.96. The first kappa shape index (κ1) is 21.7. The van der Waals surface area contributed by atoms with E-state index in [1.165, 1.54) is 12.1 Å². The SMILES string of the molecule is CCc1cccc(C)c1NC(=O)[C@@H](Cc1ccccc1)NS(=O)(=O)c1ccccc1. The quantitative estimate of drug-likeness (QED) is 0.574. The number of rotatable bonds is 8. The average molecular weight is 423 g/mol. The molecule has 0 bridgehead atoms. The van der Waals surface area contributed by atoms with Gasteiger partial charge in [0, 0.05) is 5.69 Å². The van der Waals surface area contributed by atoms with Gasteiger partial charge in [0.1, 0.15) is 6.04 Å². The molecule has 1 amide bonds. The number of sulfonamides is 1. The first-order chi connectivity index (χ1) is 14.4. The van der Waals surface area contributed by atoms with Gasteiger partial charge in [-0.3, -0.25) is 4.79 Å². The van der Waals surface area contributed by atoms with Crippen molar-refractivity contribution in [2.45, 2.75) is 37.6 Å². The van der Waals surface area contributed by atoms with Crippen LogP contribution in [-0.4, -0.2) is 20.4 Å². The van der Waals surface area contributed by atoms with E-state index in [0.29, 0.717) is 0 Å². The molecule has 0 radical (unpaired) electrons. The van der Waals surface area contributed by atoms with Gasteiger partial charge in [0.15, 0.2) is 0 Å². The van der Waals surface area contributed by atoms with Gasteiger partial charge in [0.2, 0.25) is 15.9 Å². The lowest BCUT2D eigenvalue weighted by Gasteiger charge is -2.21. The van der Waals surface area contributed by atoms with Crippen LogP contribution in [0.15, 0.2) is 83.8 Å². The molecule has 2 N–H and O–H groups in total. The van der Waals surface area contributed by atoms with Gasteiger partial charge < -0.3 is 5.32 Å². The van der Waals surface area contributed by atoms with Gasteiger partial charge in [-0.1, -0.05) is 73.7 Å². The van der Waals surface area contributed by atoms with E-state index in [-0.39, 0.29) is 17.2 Å². The summed E-state index contributed by atoms with van der Waals surface area (Å²) in [4.78, 5) is 13.3. The van der Waals surface area contributed by atoms with E-state index >= 15 is 0 Å². The Hall–Kier alpha value is -2.96. The lowest BCUT2D eigenvalue weighted by atomic mass is 10.0. The van der Waals surface area contributed by atoms with Crippen LogP contribution in [-0.2, 0) is 27.7 Å². The summed E-state index contributed by atoms with van der Waals surface area (Å²) in [7, 11) is -3.85. The van der Waals surface area contributed by atoms with Gasteiger partial charge in [-0.25, -0.2) is 8.42 Å². The number of hydrogen-bond donors (Lipinski definition) is 2. The molecule has 156 valence electrons. The number of carbonyl (C=O) groups excluding carboxylic acids is 1. The van der Waals surface area contributed by atoms with E-state index in [9.17, 15) is 13.2 Å². The minimum atomic E-state index is -3.85. The predicted molar refractivity (Wildman–Crippen MR) is 120 cm³/mol. The van der Waals surface area contributed by atoms with E-state index < -0.39 is 16.1 Å². The molecule has 6 heteroatoms. The second-order valence-corrected chi connectivity index (χ2v) is 8.84. The Morgan fingerprint density at radius 2 is 1.53 bits per heavy atom. The highest BCUT2D eigenvalue weighted by Crippen LogP contribution is 2.22. The Morgan fingerprint density at radius 3 is 2.17 bits per heavy atom. The highest BCUT2D eigenvalue weighted by atomic mass is 32.2. The summed E-state index contributed by atoms with van der Waals surface area (Å²) in [5.74, 6) is -0.387. The highest BCUT2D eigenvalue weighted by Gasteiger charge is 2.26. The van der Waals surface area contributed by atoms with E-state index in [1.807, 2.05) is 62.4 Å². The molecule has 0 aromatic heterocycles. The summed E-state index contributed by atoms with van der Waals surface area (Å²) in [6.07, 6.45) is 1.00. The fourth-order valence-corrected chi connectivity index (χ4v) is 4.52. The molecule has 0 aliphatic heterocycles. The second-order valence-electron chi connectivity index (χ2n) is 7.13. The van der Waals surface area contributed by atoms with Crippen molar-refractivity contribution in [1.29, 1.82) is 0 Å². The number of benzene rings is 3. The molecule has 0 saturated heterocycles. The van der Waals surface area contributed by atoms with Crippen molar-refractivity contribution in [2.24, 2.45) is 0 Å². The highest BCUT2D eigenvalue weighted by molar-refractivity contribution is 7.89. The van der Waals surface area contributed by atoms with Crippen LogP contribution in [0.1, 0.15) is 23.6 Å². The third kappa shape index (κ3) is 5.34. The number of aryl methyl sites for hydroxylation is 2. The van der Waals surface area contributed by atoms with Crippen molar-refractivity contribution in [1.82, 2.24) is 4.72 Å². The maximum atomic E-state index is 13.2. The summed E-state index contributed by atoms with van der Waals surface area (Å²) in [6, 6.07) is 22.3. The first-order valence-corrected chi connectivity index (χ1v) is 11.4. The number of hydrogen-bond acceptors (Lipinski definition) is 3. The molecule has 0 aliphatic carbocycles. The van der Waals surface area contributed by atoms with Crippen molar-refractivity contribution in [3.63, 3.8) is 0 Å². The van der Waals surface area contributed by atoms with Gasteiger partial charge in [-0.15, -0.1) is 0 Å². The molecule has 0 aliphatic rings. The molecular weight excluding hydrogens is 396 g/mol. The smallest absolute Gasteiger partial charge is 0.242 e. The van der Waals surface area contributed by atoms with Crippen LogP contribution in [0.5, 0.6) is 0 Å². The average Bonchev–Trinajstić information content (AvgIpc) is 2.76. The third-order valence-electron chi connectivity index (χ3n) is 4.94. The zero-order valence-electron chi connectivity index (χ0n) is 17.1. The second kappa shape index (κ2) is 9.69. The van der Waals surface area contributed by atoms with Gasteiger partial charge in [-0.2, -0.15) is 4.72 Å². The topological polar surface area (TPSA) is 75.3 Å². The van der Waals surface area contributed by atoms with Crippen LogP contribution in [0.2, 0.25) is 0 Å². The molecule has 5 nitrogen and oxygen atoms in total. The van der Waals surface area contributed by atoms with Crippen molar-refractivity contribution in [3.05, 3.63) is 95.6 Å². The van der Waals surface area contributed by atoms with Crippen molar-refractivity contribution < 1.29 is 13.2 Å².